The molecular formula is C12H12F3NO4. The van der Waals surface area contributed by atoms with Gasteiger partial charge in [0.25, 0.3) is 5.91 Å². The molecule has 8 heteroatoms. The SMILES string of the molecule is COC(=O)[C@](O)(NC(=O)c1ccccc1C)C(F)(F)F. The smallest absolute Gasteiger partial charge is 0.448 e. The second-order valence-corrected chi connectivity index (χ2v) is 3.97. The minimum absolute atomic E-state index is 0.0981. The molecule has 1 atom stereocenters. The first-order valence-electron chi connectivity index (χ1n) is 5.39. The molecule has 20 heavy (non-hydrogen) atoms. The van der Waals surface area contributed by atoms with Gasteiger partial charge < -0.3 is 15.2 Å². The molecule has 1 amide bonds. The van der Waals surface area contributed by atoms with Gasteiger partial charge in [-0.3, -0.25) is 4.79 Å². The number of aryl methyl sites for hydroxylation is 1. The largest absolute Gasteiger partial charge is 0.465 e. The van der Waals surface area contributed by atoms with Crippen LogP contribution in [0.2, 0.25) is 0 Å². The maximum atomic E-state index is 12.8. The number of carbonyl (C=O) groups is 2. The molecule has 2 N–H and O–H groups in total. The van der Waals surface area contributed by atoms with Gasteiger partial charge in [-0.25, -0.2) is 4.79 Å². The number of aliphatic hydroxyl groups is 1. The number of methoxy groups -OCH3 is 1. The van der Waals surface area contributed by atoms with Crippen LogP contribution < -0.4 is 5.32 Å². The van der Waals surface area contributed by atoms with E-state index in [4.69, 9.17) is 0 Å². The van der Waals surface area contributed by atoms with Crippen molar-refractivity contribution >= 4 is 11.9 Å². The summed E-state index contributed by atoms with van der Waals surface area (Å²) in [6.45, 7) is 1.50. The topological polar surface area (TPSA) is 75.6 Å². The number of halogens is 3. The van der Waals surface area contributed by atoms with Gasteiger partial charge in [0.2, 0.25) is 0 Å². The lowest BCUT2D eigenvalue weighted by atomic mass is 10.1. The van der Waals surface area contributed by atoms with Crippen molar-refractivity contribution in [1.82, 2.24) is 5.32 Å². The van der Waals surface area contributed by atoms with Crippen LogP contribution in [-0.2, 0) is 9.53 Å². The van der Waals surface area contributed by atoms with Crippen molar-refractivity contribution in [2.24, 2.45) is 0 Å². The molecule has 0 aliphatic rings. The number of nitrogens with one attached hydrogen (secondary N) is 1. The number of benzene rings is 1. The Balaban J connectivity index is 3.13. The monoisotopic (exact) mass is 291 g/mol. The highest BCUT2D eigenvalue weighted by Gasteiger charge is 2.62. The highest BCUT2D eigenvalue weighted by Crippen LogP contribution is 2.29. The molecule has 5 nitrogen and oxygen atoms in total. The van der Waals surface area contributed by atoms with Crippen molar-refractivity contribution < 1.29 is 32.6 Å². The van der Waals surface area contributed by atoms with Crippen LogP contribution in [0.4, 0.5) is 13.2 Å². The molecule has 0 fully saturated rings. The van der Waals surface area contributed by atoms with Gasteiger partial charge in [-0.1, -0.05) is 18.2 Å². The molecular weight excluding hydrogens is 279 g/mol. The standard InChI is InChI=1S/C12H12F3NO4/c1-7-5-3-4-6-8(7)9(17)16-11(19,10(18)20-2)12(13,14)15/h3-6,19H,1-2H3,(H,16,17)/t11-/m1/s1. The second-order valence-electron chi connectivity index (χ2n) is 3.97. The zero-order valence-electron chi connectivity index (χ0n) is 10.6. The van der Waals surface area contributed by atoms with Crippen LogP contribution >= 0.6 is 0 Å². The highest BCUT2D eigenvalue weighted by atomic mass is 19.4. The van der Waals surface area contributed by atoms with Gasteiger partial charge >= 0.3 is 17.9 Å². The van der Waals surface area contributed by atoms with E-state index in [-0.39, 0.29) is 5.56 Å². The van der Waals surface area contributed by atoms with Crippen LogP contribution in [-0.4, -0.2) is 36.0 Å². The van der Waals surface area contributed by atoms with Crippen molar-refractivity contribution in [3.8, 4) is 0 Å². The number of esters is 1. The number of rotatable bonds is 3. The number of amides is 1. The molecule has 0 aliphatic heterocycles. The number of ether oxygens (including phenoxy) is 1. The van der Waals surface area contributed by atoms with Crippen molar-refractivity contribution in [3.63, 3.8) is 0 Å². The van der Waals surface area contributed by atoms with Gasteiger partial charge in [0.05, 0.1) is 7.11 Å². The van der Waals surface area contributed by atoms with Crippen LogP contribution in [0.25, 0.3) is 0 Å². The van der Waals surface area contributed by atoms with Crippen molar-refractivity contribution in [2.45, 2.75) is 18.8 Å². The summed E-state index contributed by atoms with van der Waals surface area (Å²) < 4.78 is 42.1. The highest BCUT2D eigenvalue weighted by molar-refractivity contribution is 5.98. The van der Waals surface area contributed by atoms with Crippen molar-refractivity contribution in [1.29, 1.82) is 0 Å². The van der Waals surface area contributed by atoms with Gasteiger partial charge in [0.1, 0.15) is 0 Å². The van der Waals surface area contributed by atoms with E-state index in [0.29, 0.717) is 12.7 Å². The molecule has 0 aromatic heterocycles. The normalized spacial score (nSPS) is 14.3. The molecule has 0 heterocycles. The van der Waals surface area contributed by atoms with Gasteiger partial charge in [-0.05, 0) is 18.6 Å². The number of alkyl halides is 3. The van der Waals surface area contributed by atoms with Gasteiger partial charge in [-0.2, -0.15) is 13.2 Å². The summed E-state index contributed by atoms with van der Waals surface area (Å²) in [5.74, 6) is -3.26. The molecule has 0 saturated carbocycles. The average Bonchev–Trinajstić information content (AvgIpc) is 2.36. The maximum absolute atomic E-state index is 12.8. The summed E-state index contributed by atoms with van der Waals surface area (Å²) in [5, 5.41) is 10.7. The quantitative estimate of drug-likeness (QED) is 0.647. The molecule has 1 aromatic rings. The summed E-state index contributed by atoms with van der Waals surface area (Å²) in [6.07, 6.45) is -5.42. The Hall–Kier alpha value is -2.09. The Morgan fingerprint density at radius 2 is 1.80 bits per heavy atom. The average molecular weight is 291 g/mol. The molecule has 110 valence electrons. The zero-order chi connectivity index (χ0) is 15.6. The molecule has 1 rings (SSSR count). The summed E-state index contributed by atoms with van der Waals surface area (Å²) >= 11 is 0. The van der Waals surface area contributed by atoms with Gasteiger partial charge in [0.15, 0.2) is 0 Å². The third kappa shape index (κ3) is 2.90. The van der Waals surface area contributed by atoms with Gasteiger partial charge in [-0.15, -0.1) is 0 Å². The van der Waals surface area contributed by atoms with Gasteiger partial charge in [0, 0.05) is 5.56 Å². The van der Waals surface area contributed by atoms with E-state index in [1.807, 2.05) is 0 Å². The van der Waals surface area contributed by atoms with E-state index < -0.39 is 23.8 Å². The summed E-state index contributed by atoms with van der Waals surface area (Å²) in [7, 11) is 0.666. The lowest BCUT2D eigenvalue weighted by Gasteiger charge is -2.28. The molecule has 0 unspecified atom stereocenters. The third-order valence-corrected chi connectivity index (χ3v) is 2.58. The Kier molecular flexibility index (Phi) is 4.39. The Morgan fingerprint density at radius 1 is 1.25 bits per heavy atom. The fourth-order valence-electron chi connectivity index (χ4n) is 1.44. The first kappa shape index (κ1) is 16.0. The van der Waals surface area contributed by atoms with Crippen LogP contribution in [0.3, 0.4) is 0 Å². The fourth-order valence-corrected chi connectivity index (χ4v) is 1.44. The van der Waals surface area contributed by atoms with Crippen molar-refractivity contribution in [2.75, 3.05) is 7.11 Å². The lowest BCUT2D eigenvalue weighted by molar-refractivity contribution is -0.268. The number of carbonyl (C=O) groups excluding carboxylic acids is 2. The fraction of sp³-hybridized carbons (Fsp3) is 0.333. The zero-order valence-corrected chi connectivity index (χ0v) is 10.6. The third-order valence-electron chi connectivity index (χ3n) is 2.58. The van der Waals surface area contributed by atoms with E-state index in [1.165, 1.54) is 30.4 Å². The molecule has 1 aromatic carbocycles. The van der Waals surface area contributed by atoms with Crippen LogP contribution in [0, 0.1) is 6.92 Å². The first-order valence-corrected chi connectivity index (χ1v) is 5.39. The molecule has 0 saturated heterocycles. The molecule has 0 radical (unpaired) electrons. The Bertz CT molecular complexity index is 530. The van der Waals surface area contributed by atoms with Crippen LogP contribution in [0.15, 0.2) is 24.3 Å². The number of hydrogen-bond donors (Lipinski definition) is 2. The Labute approximate surface area is 112 Å². The predicted octanol–water partition coefficient (Wildman–Crippen LogP) is 1.15. The van der Waals surface area contributed by atoms with Crippen molar-refractivity contribution in [3.05, 3.63) is 35.4 Å². The van der Waals surface area contributed by atoms with E-state index in [1.54, 1.807) is 6.07 Å². The van der Waals surface area contributed by atoms with E-state index in [2.05, 4.69) is 4.74 Å². The first-order chi connectivity index (χ1) is 9.13. The number of hydrogen-bond acceptors (Lipinski definition) is 4. The summed E-state index contributed by atoms with van der Waals surface area (Å²) in [6, 6.07) is 5.79. The Morgan fingerprint density at radius 3 is 2.25 bits per heavy atom. The van der Waals surface area contributed by atoms with E-state index >= 15 is 0 Å². The molecule has 0 bridgehead atoms. The lowest BCUT2D eigenvalue weighted by Crippen LogP contribution is -2.64. The summed E-state index contributed by atoms with van der Waals surface area (Å²) in [4.78, 5) is 22.9. The predicted molar refractivity (Wildman–Crippen MR) is 61.7 cm³/mol. The van der Waals surface area contributed by atoms with Crippen LogP contribution in [0.5, 0.6) is 0 Å². The second kappa shape index (κ2) is 5.49. The minimum Gasteiger partial charge on any atom is -0.465 e. The molecule has 0 spiro atoms. The maximum Gasteiger partial charge on any atom is 0.448 e. The summed E-state index contributed by atoms with van der Waals surface area (Å²) in [5.41, 5.74) is -3.81. The molecule has 0 aliphatic carbocycles. The van der Waals surface area contributed by atoms with Crippen LogP contribution in [0.1, 0.15) is 15.9 Å². The van der Waals surface area contributed by atoms with E-state index in [9.17, 15) is 27.9 Å². The minimum atomic E-state index is -5.42. The van der Waals surface area contributed by atoms with E-state index in [0.717, 1.165) is 0 Å².